The van der Waals surface area contributed by atoms with Gasteiger partial charge in [-0.15, -0.1) is 0 Å². The van der Waals surface area contributed by atoms with Crippen LogP contribution in [0.25, 0.3) is 0 Å². The second-order valence-electron chi connectivity index (χ2n) is 3.82. The molecule has 0 fully saturated rings. The molecule has 0 aromatic heterocycles. The third-order valence-corrected chi connectivity index (χ3v) is 2.77. The van der Waals surface area contributed by atoms with Gasteiger partial charge in [-0.05, 0) is 49.8 Å². The van der Waals surface area contributed by atoms with Gasteiger partial charge in [-0.1, -0.05) is 11.6 Å². The van der Waals surface area contributed by atoms with Crippen LogP contribution in [0.5, 0.6) is 0 Å². The first-order valence-electron chi connectivity index (χ1n) is 4.89. The summed E-state index contributed by atoms with van der Waals surface area (Å²) in [4.78, 5) is 10.8. The number of rotatable bonds is 1. The number of hydrogen-bond acceptors (Lipinski definition) is 1. The monoisotopic (exact) mass is 174 g/mol. The number of carbonyl (C=O) groups is 1. The second kappa shape index (κ2) is 3.33. The van der Waals surface area contributed by atoms with Crippen LogP contribution in [0.3, 0.4) is 0 Å². The van der Waals surface area contributed by atoms with Crippen LogP contribution >= 0.6 is 0 Å². The van der Waals surface area contributed by atoms with Crippen molar-refractivity contribution in [1.29, 1.82) is 0 Å². The Morgan fingerprint density at radius 3 is 2.77 bits per heavy atom. The minimum absolute atomic E-state index is 0.912. The Hall–Kier alpha value is -1.11. The largest absolute Gasteiger partial charge is 0.298 e. The highest BCUT2D eigenvalue weighted by Gasteiger charge is 2.12. The maximum atomic E-state index is 10.8. The normalized spacial score (nSPS) is 15.2. The summed E-state index contributed by atoms with van der Waals surface area (Å²) < 4.78 is 0. The molecular formula is C12H14O. The van der Waals surface area contributed by atoms with Crippen molar-refractivity contribution in [2.75, 3.05) is 0 Å². The molecule has 0 bridgehead atoms. The molecule has 0 saturated carbocycles. The Bertz CT molecular complexity index is 339. The van der Waals surface area contributed by atoms with Gasteiger partial charge in [0.05, 0.1) is 0 Å². The second-order valence-corrected chi connectivity index (χ2v) is 3.82. The van der Waals surface area contributed by atoms with E-state index in [4.69, 9.17) is 0 Å². The Morgan fingerprint density at radius 2 is 2.00 bits per heavy atom. The van der Waals surface area contributed by atoms with Gasteiger partial charge in [-0.3, -0.25) is 4.79 Å². The van der Waals surface area contributed by atoms with Crippen LogP contribution in [0, 0.1) is 6.92 Å². The highest BCUT2D eigenvalue weighted by Crippen LogP contribution is 2.24. The van der Waals surface area contributed by atoms with E-state index in [-0.39, 0.29) is 0 Å². The fraction of sp³-hybridized carbons (Fsp3) is 0.417. The third-order valence-electron chi connectivity index (χ3n) is 2.77. The molecule has 0 saturated heterocycles. The number of fused-ring (bicyclic) bond motifs is 1. The quantitative estimate of drug-likeness (QED) is 0.598. The van der Waals surface area contributed by atoms with Crippen LogP contribution in [-0.4, -0.2) is 6.29 Å². The number of hydrogen-bond donors (Lipinski definition) is 0. The van der Waals surface area contributed by atoms with E-state index in [1.165, 1.54) is 29.5 Å². The van der Waals surface area contributed by atoms with Crippen LogP contribution < -0.4 is 0 Å². The number of aldehydes is 1. The molecule has 1 aliphatic rings. The average molecular weight is 174 g/mol. The smallest absolute Gasteiger partial charge is 0.150 e. The van der Waals surface area contributed by atoms with Crippen molar-refractivity contribution in [1.82, 2.24) is 0 Å². The maximum Gasteiger partial charge on any atom is 0.150 e. The van der Waals surface area contributed by atoms with E-state index >= 15 is 0 Å². The van der Waals surface area contributed by atoms with Crippen LogP contribution in [-0.2, 0) is 12.8 Å². The van der Waals surface area contributed by atoms with Crippen molar-refractivity contribution < 1.29 is 4.79 Å². The minimum atomic E-state index is 0.912. The molecule has 1 heteroatoms. The van der Waals surface area contributed by atoms with E-state index in [1.54, 1.807) is 0 Å². The summed E-state index contributed by atoms with van der Waals surface area (Å²) in [5.74, 6) is 0. The van der Waals surface area contributed by atoms with Crippen LogP contribution in [0.2, 0.25) is 0 Å². The summed E-state index contributed by atoms with van der Waals surface area (Å²) in [7, 11) is 0. The molecule has 68 valence electrons. The van der Waals surface area contributed by atoms with Gasteiger partial charge in [0.25, 0.3) is 0 Å². The first kappa shape index (κ1) is 8.49. The predicted octanol–water partition coefficient (Wildman–Crippen LogP) is 2.69. The Balaban J connectivity index is 2.56. The molecule has 0 amide bonds. The Kier molecular flexibility index (Phi) is 2.17. The molecule has 1 aromatic rings. The number of benzene rings is 1. The molecule has 0 aliphatic heterocycles. The Morgan fingerprint density at radius 1 is 1.23 bits per heavy atom. The zero-order valence-corrected chi connectivity index (χ0v) is 7.97. The van der Waals surface area contributed by atoms with Gasteiger partial charge in [0.15, 0.2) is 0 Å². The lowest BCUT2D eigenvalue weighted by Crippen LogP contribution is -2.06. The average Bonchev–Trinajstić information content (AvgIpc) is 2.16. The first-order valence-corrected chi connectivity index (χ1v) is 4.89. The van der Waals surface area contributed by atoms with Crippen molar-refractivity contribution >= 4 is 6.29 Å². The Labute approximate surface area is 78.8 Å². The van der Waals surface area contributed by atoms with E-state index in [2.05, 4.69) is 13.0 Å². The molecule has 0 N–H and O–H groups in total. The highest BCUT2D eigenvalue weighted by molar-refractivity contribution is 5.78. The highest BCUT2D eigenvalue weighted by atomic mass is 16.1. The van der Waals surface area contributed by atoms with Crippen LogP contribution in [0.4, 0.5) is 0 Å². The van der Waals surface area contributed by atoms with E-state index in [1.807, 2.05) is 6.07 Å². The molecule has 1 aliphatic carbocycles. The van der Waals surface area contributed by atoms with E-state index in [0.717, 1.165) is 24.7 Å². The van der Waals surface area contributed by atoms with Crippen molar-refractivity contribution in [3.05, 3.63) is 34.4 Å². The molecular weight excluding hydrogens is 160 g/mol. The molecule has 0 unspecified atom stereocenters. The van der Waals surface area contributed by atoms with Crippen molar-refractivity contribution in [3.63, 3.8) is 0 Å². The summed E-state index contributed by atoms with van der Waals surface area (Å²) >= 11 is 0. The zero-order valence-electron chi connectivity index (χ0n) is 7.97. The lowest BCUT2D eigenvalue weighted by atomic mass is 9.87. The summed E-state index contributed by atoms with van der Waals surface area (Å²) in [6, 6.07) is 4.22. The number of carbonyl (C=O) groups excluding carboxylic acids is 1. The fourth-order valence-corrected chi connectivity index (χ4v) is 2.17. The van der Waals surface area contributed by atoms with Gasteiger partial charge in [0.1, 0.15) is 6.29 Å². The molecule has 0 heterocycles. The SMILES string of the molecule is Cc1cc(C=O)c2c(c1)CCCC2. The van der Waals surface area contributed by atoms with Gasteiger partial charge >= 0.3 is 0 Å². The molecule has 0 radical (unpaired) electrons. The maximum absolute atomic E-state index is 10.8. The van der Waals surface area contributed by atoms with Crippen molar-refractivity contribution in [2.45, 2.75) is 32.6 Å². The van der Waals surface area contributed by atoms with E-state index in [0.29, 0.717) is 0 Å². The van der Waals surface area contributed by atoms with Gasteiger partial charge < -0.3 is 0 Å². The predicted molar refractivity (Wildman–Crippen MR) is 53.2 cm³/mol. The minimum Gasteiger partial charge on any atom is -0.298 e. The summed E-state index contributed by atoms with van der Waals surface area (Å²) in [6.07, 6.45) is 5.74. The molecule has 1 aromatic carbocycles. The summed E-state index contributed by atoms with van der Waals surface area (Å²) in [5, 5.41) is 0. The van der Waals surface area contributed by atoms with Gasteiger partial charge in [-0.2, -0.15) is 0 Å². The fourth-order valence-electron chi connectivity index (χ4n) is 2.17. The topological polar surface area (TPSA) is 17.1 Å². The van der Waals surface area contributed by atoms with Crippen LogP contribution in [0.1, 0.15) is 39.9 Å². The summed E-state index contributed by atoms with van der Waals surface area (Å²) in [5.41, 5.74) is 4.82. The van der Waals surface area contributed by atoms with Gasteiger partial charge in [0, 0.05) is 5.56 Å². The third kappa shape index (κ3) is 1.51. The number of aryl methyl sites for hydroxylation is 2. The summed E-state index contributed by atoms with van der Waals surface area (Å²) in [6.45, 7) is 2.06. The van der Waals surface area contributed by atoms with Gasteiger partial charge in [-0.25, -0.2) is 0 Å². The standard InChI is InChI=1S/C12H14O/c1-9-6-10-4-2-3-5-12(10)11(7-9)8-13/h6-8H,2-5H2,1H3. The first-order chi connectivity index (χ1) is 6.31. The lowest BCUT2D eigenvalue weighted by Gasteiger charge is -2.17. The zero-order chi connectivity index (χ0) is 9.26. The lowest BCUT2D eigenvalue weighted by molar-refractivity contribution is 0.112. The molecule has 0 spiro atoms. The van der Waals surface area contributed by atoms with E-state index < -0.39 is 0 Å². The van der Waals surface area contributed by atoms with Crippen molar-refractivity contribution in [3.8, 4) is 0 Å². The van der Waals surface area contributed by atoms with Crippen molar-refractivity contribution in [2.24, 2.45) is 0 Å². The van der Waals surface area contributed by atoms with E-state index in [9.17, 15) is 4.79 Å². The molecule has 13 heavy (non-hydrogen) atoms. The molecule has 2 rings (SSSR count). The van der Waals surface area contributed by atoms with Crippen LogP contribution in [0.15, 0.2) is 12.1 Å². The molecule has 0 atom stereocenters. The molecule has 1 nitrogen and oxygen atoms in total. The van der Waals surface area contributed by atoms with Gasteiger partial charge in [0.2, 0.25) is 0 Å².